The molecule has 1 atom stereocenters. The van der Waals surface area contributed by atoms with Crippen molar-refractivity contribution in [1.29, 1.82) is 0 Å². The maximum absolute atomic E-state index is 13.9. The summed E-state index contributed by atoms with van der Waals surface area (Å²) in [4.78, 5) is 29.1. The molecule has 39 heavy (non-hydrogen) atoms. The summed E-state index contributed by atoms with van der Waals surface area (Å²) in [6.45, 7) is 7.29. The van der Waals surface area contributed by atoms with E-state index < -0.39 is 34.1 Å². The summed E-state index contributed by atoms with van der Waals surface area (Å²) in [5.74, 6) is -0.794. The Morgan fingerprint density at radius 2 is 1.54 bits per heavy atom. The second-order valence-corrected chi connectivity index (χ2v) is 13.2. The van der Waals surface area contributed by atoms with Gasteiger partial charge in [-0.1, -0.05) is 71.8 Å². The van der Waals surface area contributed by atoms with E-state index >= 15 is 0 Å². The zero-order valence-electron chi connectivity index (χ0n) is 23.0. The predicted octanol–water partition coefficient (Wildman–Crippen LogP) is 4.82. The highest BCUT2D eigenvalue weighted by molar-refractivity contribution is 7.89. The van der Waals surface area contributed by atoms with Crippen LogP contribution in [-0.4, -0.2) is 54.6 Å². The van der Waals surface area contributed by atoms with Crippen molar-refractivity contribution in [3.63, 3.8) is 0 Å². The van der Waals surface area contributed by atoms with Crippen LogP contribution in [0.15, 0.2) is 83.8 Å². The quantitative estimate of drug-likeness (QED) is 0.379. The van der Waals surface area contributed by atoms with Crippen LogP contribution in [0.5, 0.6) is 0 Å². The molecule has 0 saturated heterocycles. The highest BCUT2D eigenvalue weighted by Crippen LogP contribution is 2.20. The maximum Gasteiger partial charge on any atom is 0.243 e. The molecular formula is C30H36ClN3O4S. The van der Waals surface area contributed by atoms with Gasteiger partial charge in [0.25, 0.3) is 0 Å². The van der Waals surface area contributed by atoms with Crippen LogP contribution in [0.4, 0.5) is 0 Å². The van der Waals surface area contributed by atoms with Crippen molar-refractivity contribution in [3.8, 4) is 0 Å². The number of aryl methyl sites for hydroxylation is 1. The normalized spacial score (nSPS) is 12.7. The Balaban J connectivity index is 1.99. The summed E-state index contributed by atoms with van der Waals surface area (Å²) in [6.07, 6.45) is 0.272. The molecule has 0 spiro atoms. The molecule has 3 aromatic rings. The lowest BCUT2D eigenvalue weighted by atomic mass is 10.0. The van der Waals surface area contributed by atoms with E-state index in [0.717, 1.165) is 21.0 Å². The Bertz CT molecular complexity index is 1390. The van der Waals surface area contributed by atoms with Gasteiger partial charge in [-0.25, -0.2) is 8.42 Å². The number of carbonyl (C=O) groups is 2. The summed E-state index contributed by atoms with van der Waals surface area (Å²) in [7, 11) is -2.62. The first-order valence-electron chi connectivity index (χ1n) is 12.7. The fourth-order valence-electron chi connectivity index (χ4n) is 4.17. The number of hydrogen-bond acceptors (Lipinski definition) is 4. The topological polar surface area (TPSA) is 86.8 Å². The molecule has 0 bridgehead atoms. The van der Waals surface area contributed by atoms with Gasteiger partial charge in [0.05, 0.1) is 11.4 Å². The third-order valence-corrected chi connectivity index (χ3v) is 8.15. The van der Waals surface area contributed by atoms with Crippen molar-refractivity contribution >= 4 is 33.4 Å². The number of amides is 2. The van der Waals surface area contributed by atoms with Crippen LogP contribution < -0.4 is 5.32 Å². The molecule has 0 aliphatic heterocycles. The summed E-state index contributed by atoms with van der Waals surface area (Å²) in [5, 5.41) is 3.42. The van der Waals surface area contributed by atoms with Crippen LogP contribution >= 0.6 is 11.6 Å². The van der Waals surface area contributed by atoms with Crippen molar-refractivity contribution in [2.75, 3.05) is 13.6 Å². The molecule has 0 aliphatic carbocycles. The van der Waals surface area contributed by atoms with Gasteiger partial charge in [-0.3, -0.25) is 9.59 Å². The number of nitrogens with zero attached hydrogens (tertiary/aromatic N) is 2. The Kier molecular flexibility index (Phi) is 9.93. The number of likely N-dealkylation sites (N-methyl/N-ethyl adjacent to an activating group) is 1. The van der Waals surface area contributed by atoms with Crippen molar-refractivity contribution in [2.45, 2.75) is 57.1 Å². The van der Waals surface area contributed by atoms with Gasteiger partial charge in [0.1, 0.15) is 6.04 Å². The first-order chi connectivity index (χ1) is 18.3. The average Bonchev–Trinajstić information content (AvgIpc) is 2.86. The zero-order chi connectivity index (χ0) is 28.8. The van der Waals surface area contributed by atoms with Crippen LogP contribution in [0.3, 0.4) is 0 Å². The summed E-state index contributed by atoms with van der Waals surface area (Å²) < 4.78 is 27.4. The Labute approximate surface area is 236 Å². The Morgan fingerprint density at radius 1 is 0.923 bits per heavy atom. The lowest BCUT2D eigenvalue weighted by Crippen LogP contribution is -2.56. The highest BCUT2D eigenvalue weighted by Gasteiger charge is 2.34. The molecule has 0 aromatic heterocycles. The van der Waals surface area contributed by atoms with Crippen LogP contribution in [-0.2, 0) is 32.6 Å². The van der Waals surface area contributed by atoms with E-state index in [2.05, 4.69) is 5.32 Å². The van der Waals surface area contributed by atoms with E-state index in [9.17, 15) is 18.0 Å². The van der Waals surface area contributed by atoms with Gasteiger partial charge in [0, 0.05) is 30.6 Å². The first-order valence-corrected chi connectivity index (χ1v) is 14.5. The van der Waals surface area contributed by atoms with Crippen molar-refractivity contribution in [1.82, 2.24) is 14.5 Å². The molecule has 9 heteroatoms. The number of sulfonamides is 1. The molecule has 1 N–H and O–H groups in total. The number of benzene rings is 3. The molecule has 7 nitrogen and oxygen atoms in total. The van der Waals surface area contributed by atoms with Gasteiger partial charge in [-0.2, -0.15) is 4.31 Å². The van der Waals surface area contributed by atoms with Crippen molar-refractivity contribution in [2.24, 2.45) is 0 Å². The lowest BCUT2D eigenvalue weighted by molar-refractivity contribution is -0.141. The van der Waals surface area contributed by atoms with E-state index in [1.165, 1.54) is 36.2 Å². The van der Waals surface area contributed by atoms with E-state index in [4.69, 9.17) is 11.6 Å². The first kappa shape index (κ1) is 30.3. The molecular weight excluding hydrogens is 534 g/mol. The van der Waals surface area contributed by atoms with Crippen LogP contribution in [0.1, 0.15) is 37.5 Å². The van der Waals surface area contributed by atoms with Gasteiger partial charge in [0.2, 0.25) is 21.8 Å². The largest absolute Gasteiger partial charge is 0.350 e. The molecule has 0 saturated carbocycles. The molecule has 2 amide bonds. The third-order valence-electron chi connectivity index (χ3n) is 6.08. The molecule has 0 fully saturated rings. The minimum atomic E-state index is -3.97. The molecule has 3 rings (SSSR count). The van der Waals surface area contributed by atoms with Crippen molar-refractivity contribution < 1.29 is 18.0 Å². The minimum absolute atomic E-state index is 0.0266. The van der Waals surface area contributed by atoms with Gasteiger partial charge in [-0.05, 0) is 63.1 Å². The van der Waals surface area contributed by atoms with Crippen LogP contribution in [0, 0.1) is 6.92 Å². The molecule has 0 radical (unpaired) electrons. The number of carbonyl (C=O) groups excluding carboxylic acids is 2. The van der Waals surface area contributed by atoms with Gasteiger partial charge < -0.3 is 10.2 Å². The van der Waals surface area contributed by atoms with Gasteiger partial charge in [0.15, 0.2) is 0 Å². The smallest absolute Gasteiger partial charge is 0.243 e. The molecule has 0 unspecified atom stereocenters. The van der Waals surface area contributed by atoms with E-state index in [0.29, 0.717) is 5.02 Å². The number of rotatable bonds is 10. The van der Waals surface area contributed by atoms with Crippen LogP contribution in [0.25, 0.3) is 0 Å². The molecule has 3 aromatic carbocycles. The molecule has 208 valence electrons. The monoisotopic (exact) mass is 569 g/mol. The second kappa shape index (κ2) is 12.8. The number of halogens is 1. The Morgan fingerprint density at radius 3 is 2.13 bits per heavy atom. The predicted molar refractivity (Wildman–Crippen MR) is 155 cm³/mol. The molecule has 0 heterocycles. The summed E-state index contributed by atoms with van der Waals surface area (Å²) in [5.41, 5.74) is 2.21. The van der Waals surface area contributed by atoms with E-state index in [1.807, 2.05) is 82.3 Å². The summed E-state index contributed by atoms with van der Waals surface area (Å²) >= 11 is 5.92. The lowest BCUT2D eigenvalue weighted by Gasteiger charge is -2.34. The second-order valence-electron chi connectivity index (χ2n) is 10.7. The zero-order valence-corrected chi connectivity index (χ0v) is 24.6. The minimum Gasteiger partial charge on any atom is -0.350 e. The summed E-state index contributed by atoms with van der Waals surface area (Å²) in [6, 6.07) is 22.1. The SMILES string of the molecule is Cc1cccc(CN(C(=O)CN(C)S(=O)(=O)c2ccc(Cl)cc2)[C@H](Cc2ccccc2)C(=O)NC(C)(C)C)c1. The average molecular weight is 570 g/mol. The molecule has 0 aliphatic rings. The number of nitrogens with one attached hydrogen (secondary N) is 1. The van der Waals surface area contributed by atoms with Gasteiger partial charge >= 0.3 is 0 Å². The Hall–Kier alpha value is -3.20. The van der Waals surface area contributed by atoms with Gasteiger partial charge in [-0.15, -0.1) is 0 Å². The van der Waals surface area contributed by atoms with Crippen LogP contribution in [0.2, 0.25) is 5.02 Å². The third kappa shape index (κ3) is 8.65. The maximum atomic E-state index is 13.9. The van der Waals surface area contributed by atoms with E-state index in [-0.39, 0.29) is 23.8 Å². The fourth-order valence-corrected chi connectivity index (χ4v) is 5.41. The number of hydrogen-bond donors (Lipinski definition) is 1. The fraction of sp³-hybridized carbons (Fsp3) is 0.333. The standard InChI is InChI=1S/C30H36ClN3O4S/c1-22-10-9-13-24(18-22)20-34(27(29(36)32-30(2,3)4)19-23-11-7-6-8-12-23)28(35)21-33(5)39(37,38)26-16-14-25(31)15-17-26/h6-18,27H,19-21H2,1-5H3,(H,32,36)/t27-/m1/s1. The highest BCUT2D eigenvalue weighted by atomic mass is 35.5. The van der Waals surface area contributed by atoms with E-state index in [1.54, 1.807) is 0 Å². The van der Waals surface area contributed by atoms with Crippen molar-refractivity contribution in [3.05, 3.63) is 101 Å².